The zero-order valence-electron chi connectivity index (χ0n) is 11.7. The molecule has 0 bridgehead atoms. The number of aryl methyl sites for hydroxylation is 2. The molecule has 0 aliphatic heterocycles. The lowest BCUT2D eigenvalue weighted by molar-refractivity contribution is 0.122. The average molecular weight is 281 g/mol. The first-order valence-corrected chi connectivity index (χ1v) is 6.96. The Balaban J connectivity index is 2.38. The number of likely N-dealkylation sites (N-methyl/N-ethyl adjacent to an activating group) is 1. The number of hydrogen-bond donors (Lipinski definition) is 1. The number of rotatable bonds is 4. The van der Waals surface area contributed by atoms with E-state index >= 15 is 0 Å². The summed E-state index contributed by atoms with van der Waals surface area (Å²) in [6.45, 7) is 4.69. The Morgan fingerprint density at radius 2 is 2.16 bits per heavy atom. The average Bonchev–Trinajstić information content (AvgIpc) is 2.53. The molecule has 0 saturated heterocycles. The third kappa shape index (κ3) is 3.02. The lowest BCUT2D eigenvalue weighted by Crippen LogP contribution is -2.31. The number of pyridine rings is 1. The van der Waals surface area contributed by atoms with Crippen LogP contribution in [-0.4, -0.2) is 45.7 Å². The maximum atomic E-state index is 12.3. The summed E-state index contributed by atoms with van der Waals surface area (Å²) in [5.41, 5.74) is 1.81. The number of hydrogen-bond acceptors (Lipinski definition) is 5. The highest BCUT2D eigenvalue weighted by Crippen LogP contribution is 2.19. The topological polar surface area (TPSA) is 58.4 Å². The molecule has 6 heteroatoms. The minimum absolute atomic E-state index is 0.0530. The van der Waals surface area contributed by atoms with Crippen molar-refractivity contribution in [3.8, 4) is 0 Å². The Labute approximate surface area is 116 Å². The van der Waals surface area contributed by atoms with Crippen molar-refractivity contribution >= 4 is 21.7 Å². The molecule has 0 amide bonds. The molecule has 0 saturated carbocycles. The highest BCUT2D eigenvalue weighted by atomic mass is 32.1. The zero-order valence-corrected chi connectivity index (χ0v) is 12.5. The van der Waals surface area contributed by atoms with Gasteiger partial charge >= 0.3 is 0 Å². The third-order valence-electron chi connectivity index (χ3n) is 2.90. The van der Waals surface area contributed by atoms with Crippen LogP contribution in [0.25, 0.3) is 10.2 Å². The van der Waals surface area contributed by atoms with Gasteiger partial charge in [0.2, 0.25) is 0 Å². The maximum Gasteiger partial charge on any atom is 0.270 e. The van der Waals surface area contributed by atoms with Crippen molar-refractivity contribution in [1.82, 2.24) is 13.8 Å². The van der Waals surface area contributed by atoms with Gasteiger partial charge in [0.05, 0.1) is 18.0 Å². The van der Waals surface area contributed by atoms with Crippen LogP contribution in [0, 0.1) is 13.8 Å². The summed E-state index contributed by atoms with van der Waals surface area (Å²) in [5.74, 6) is 0. The quantitative estimate of drug-likeness (QED) is 0.908. The van der Waals surface area contributed by atoms with Gasteiger partial charge in [0.25, 0.3) is 5.56 Å². The second kappa shape index (κ2) is 5.40. The summed E-state index contributed by atoms with van der Waals surface area (Å²) in [5, 5.41) is 10.6. The molecule has 2 rings (SSSR count). The number of aromatic nitrogens is 2. The van der Waals surface area contributed by atoms with Gasteiger partial charge in [-0.1, -0.05) is 0 Å². The highest BCUT2D eigenvalue weighted by Gasteiger charge is 2.15. The minimum atomic E-state index is -0.554. The van der Waals surface area contributed by atoms with Crippen molar-refractivity contribution in [3.05, 3.63) is 27.7 Å². The molecule has 0 spiro atoms. The Hall–Kier alpha value is -1.24. The van der Waals surface area contributed by atoms with Gasteiger partial charge in [-0.3, -0.25) is 8.75 Å². The molecule has 104 valence electrons. The van der Waals surface area contributed by atoms with Gasteiger partial charge in [-0.25, -0.2) is 4.98 Å². The van der Waals surface area contributed by atoms with E-state index in [0.29, 0.717) is 18.5 Å². The van der Waals surface area contributed by atoms with Gasteiger partial charge in [0.1, 0.15) is 4.83 Å². The van der Waals surface area contributed by atoms with Crippen LogP contribution in [0.4, 0.5) is 0 Å². The predicted molar refractivity (Wildman–Crippen MR) is 77.9 cm³/mol. The van der Waals surface area contributed by atoms with E-state index in [1.807, 2.05) is 38.9 Å². The maximum absolute atomic E-state index is 12.3. The van der Waals surface area contributed by atoms with Gasteiger partial charge in [-0.15, -0.1) is 0 Å². The van der Waals surface area contributed by atoms with Crippen LogP contribution in [0.15, 0.2) is 10.9 Å². The van der Waals surface area contributed by atoms with E-state index < -0.39 is 6.10 Å². The molecule has 5 nitrogen and oxygen atoms in total. The Kier molecular flexibility index (Phi) is 4.03. The first-order valence-electron chi connectivity index (χ1n) is 6.19. The van der Waals surface area contributed by atoms with Crippen molar-refractivity contribution in [1.29, 1.82) is 0 Å². The van der Waals surface area contributed by atoms with Crippen molar-refractivity contribution < 1.29 is 5.11 Å². The Morgan fingerprint density at radius 3 is 2.79 bits per heavy atom. The molecular weight excluding hydrogens is 262 g/mol. The smallest absolute Gasteiger partial charge is 0.270 e. The SMILES string of the molecule is Cc1cc(C)c2c(=O)n(CC(O)CN(C)C)sc2n1. The van der Waals surface area contributed by atoms with Crippen molar-refractivity contribution in [2.75, 3.05) is 20.6 Å². The lowest BCUT2D eigenvalue weighted by Gasteiger charge is -2.15. The summed E-state index contributed by atoms with van der Waals surface area (Å²) in [7, 11) is 3.79. The first-order chi connectivity index (χ1) is 8.88. The number of aliphatic hydroxyl groups is 1. The number of fused-ring (bicyclic) bond motifs is 1. The van der Waals surface area contributed by atoms with E-state index in [-0.39, 0.29) is 5.56 Å². The van der Waals surface area contributed by atoms with E-state index in [1.54, 1.807) is 3.96 Å². The molecule has 1 N–H and O–H groups in total. The molecule has 2 aromatic rings. The second-order valence-electron chi connectivity index (χ2n) is 5.13. The van der Waals surface area contributed by atoms with Crippen LogP contribution < -0.4 is 5.56 Å². The van der Waals surface area contributed by atoms with E-state index in [9.17, 15) is 9.90 Å². The summed E-state index contributed by atoms with van der Waals surface area (Å²) >= 11 is 1.32. The molecule has 1 atom stereocenters. The van der Waals surface area contributed by atoms with E-state index in [2.05, 4.69) is 4.98 Å². The van der Waals surface area contributed by atoms with E-state index in [1.165, 1.54) is 11.5 Å². The van der Waals surface area contributed by atoms with E-state index in [0.717, 1.165) is 16.1 Å². The number of nitrogens with zero attached hydrogens (tertiary/aromatic N) is 3. The van der Waals surface area contributed by atoms with Crippen LogP contribution in [-0.2, 0) is 6.54 Å². The molecule has 0 aromatic carbocycles. The van der Waals surface area contributed by atoms with Crippen LogP contribution in [0.2, 0.25) is 0 Å². The van der Waals surface area contributed by atoms with Gasteiger partial charge in [-0.05, 0) is 51.1 Å². The molecule has 0 radical (unpaired) electrons. The molecule has 0 aliphatic rings. The fraction of sp³-hybridized carbons (Fsp3) is 0.538. The molecule has 0 aliphatic carbocycles. The molecular formula is C13H19N3O2S. The Bertz CT molecular complexity index is 645. The van der Waals surface area contributed by atoms with Crippen molar-refractivity contribution in [2.24, 2.45) is 0 Å². The fourth-order valence-corrected chi connectivity index (χ4v) is 3.34. The highest BCUT2D eigenvalue weighted by molar-refractivity contribution is 7.13. The van der Waals surface area contributed by atoms with Crippen LogP contribution in [0.1, 0.15) is 11.3 Å². The summed E-state index contributed by atoms with van der Waals surface area (Å²) in [6, 6.07) is 1.91. The molecule has 19 heavy (non-hydrogen) atoms. The molecule has 0 fully saturated rings. The van der Waals surface area contributed by atoms with Gasteiger partial charge in [-0.2, -0.15) is 0 Å². The van der Waals surface area contributed by atoms with Crippen LogP contribution in [0.3, 0.4) is 0 Å². The fourth-order valence-electron chi connectivity index (χ4n) is 2.19. The zero-order chi connectivity index (χ0) is 14.2. The standard InChI is InChI=1S/C13H19N3O2S/c1-8-5-9(2)14-12-11(8)13(18)16(19-12)7-10(17)6-15(3)4/h5,10,17H,6-7H2,1-4H3. The van der Waals surface area contributed by atoms with Gasteiger partial charge in [0, 0.05) is 12.2 Å². The van der Waals surface area contributed by atoms with Crippen molar-refractivity contribution in [2.45, 2.75) is 26.5 Å². The summed E-state index contributed by atoms with van der Waals surface area (Å²) < 4.78 is 1.60. The second-order valence-corrected chi connectivity index (χ2v) is 6.14. The predicted octanol–water partition coefficient (Wildman–Crippen LogP) is 0.997. The third-order valence-corrected chi connectivity index (χ3v) is 3.90. The molecule has 2 heterocycles. The minimum Gasteiger partial charge on any atom is -0.390 e. The van der Waals surface area contributed by atoms with Gasteiger partial charge in [0.15, 0.2) is 0 Å². The molecule has 2 aromatic heterocycles. The summed E-state index contributed by atoms with van der Waals surface area (Å²) in [6.07, 6.45) is -0.554. The van der Waals surface area contributed by atoms with Gasteiger partial charge < -0.3 is 10.0 Å². The first kappa shape index (κ1) is 14.2. The Morgan fingerprint density at radius 1 is 1.47 bits per heavy atom. The normalized spacial score (nSPS) is 13.4. The summed E-state index contributed by atoms with van der Waals surface area (Å²) in [4.78, 5) is 19.3. The molecule has 1 unspecified atom stereocenters. The van der Waals surface area contributed by atoms with Crippen molar-refractivity contribution in [3.63, 3.8) is 0 Å². The monoisotopic (exact) mass is 281 g/mol. The lowest BCUT2D eigenvalue weighted by atomic mass is 10.2. The van der Waals surface area contributed by atoms with Crippen LogP contribution >= 0.6 is 11.5 Å². The van der Waals surface area contributed by atoms with Crippen LogP contribution in [0.5, 0.6) is 0 Å². The number of aliphatic hydroxyl groups excluding tert-OH is 1. The largest absolute Gasteiger partial charge is 0.390 e. The van der Waals surface area contributed by atoms with E-state index in [4.69, 9.17) is 0 Å².